The molecule has 0 saturated carbocycles. The van der Waals surface area contributed by atoms with E-state index >= 15 is 0 Å². The normalized spacial score (nSPS) is 12.7. The third-order valence-electron chi connectivity index (χ3n) is 12.3. The Morgan fingerprint density at radius 3 is 1.12 bits per heavy atom. The molecule has 0 amide bonds. The van der Waals surface area contributed by atoms with Crippen LogP contribution in [-0.2, 0) is 19.8 Å². The molecule has 0 bridgehead atoms. The SMILES string of the molecule is CC(C)(C)C(c1ccc(I)cc1)c1ccc(OCc2ccccn2)cn1.CC(C)(C)C(c1ccc(I)cc1)c1ccc(OCc2ncccn2)cn1.CC(C)(C)C(c1ccc(I)cc1)c1ccc(OCc2nccs2)cn1. The monoisotopic (exact) mass is 1380 g/mol. The number of pyridine rings is 4. The number of benzene rings is 3. The van der Waals surface area contributed by atoms with Crippen molar-refractivity contribution < 1.29 is 14.2 Å². The van der Waals surface area contributed by atoms with Gasteiger partial charge in [-0.25, -0.2) is 15.0 Å². The highest BCUT2D eigenvalue weighted by Crippen LogP contribution is 2.42. The van der Waals surface area contributed by atoms with E-state index in [9.17, 15) is 0 Å². The molecule has 0 N–H and O–H groups in total. The van der Waals surface area contributed by atoms with Gasteiger partial charge in [-0.2, -0.15) is 0 Å². The van der Waals surface area contributed by atoms with Crippen molar-refractivity contribution in [2.24, 2.45) is 16.2 Å². The van der Waals surface area contributed by atoms with Crippen molar-refractivity contribution in [2.75, 3.05) is 0 Å². The molecule has 0 aliphatic heterocycles. The first-order chi connectivity index (χ1) is 36.8. The zero-order valence-electron chi connectivity index (χ0n) is 45.1. The summed E-state index contributed by atoms with van der Waals surface area (Å²) in [7, 11) is 0. The second kappa shape index (κ2) is 27.9. The van der Waals surface area contributed by atoms with Crippen LogP contribution < -0.4 is 14.2 Å². The summed E-state index contributed by atoms with van der Waals surface area (Å²) in [6, 6.07) is 45.8. The molecular weight excluding hydrogens is 1320 g/mol. The van der Waals surface area contributed by atoms with Crippen LogP contribution in [0.4, 0.5) is 0 Å². The predicted molar refractivity (Wildman–Crippen MR) is 335 cm³/mol. The van der Waals surface area contributed by atoms with Gasteiger partial charge in [-0.3, -0.25) is 19.9 Å². The lowest BCUT2D eigenvalue weighted by Gasteiger charge is -2.31. The molecule has 0 aliphatic carbocycles. The van der Waals surface area contributed by atoms with E-state index < -0.39 is 0 Å². The number of aromatic nitrogens is 7. The Bertz CT molecular complexity index is 2990. The Morgan fingerprint density at radius 1 is 0.390 bits per heavy atom. The van der Waals surface area contributed by atoms with Crippen molar-refractivity contribution in [3.8, 4) is 17.2 Å². The molecule has 0 saturated heterocycles. The molecule has 6 heterocycles. The zero-order chi connectivity index (χ0) is 55.0. The predicted octanol–water partition coefficient (Wildman–Crippen LogP) is 17.0. The Kier molecular flexibility index (Phi) is 21.5. The minimum atomic E-state index is 0.0556. The molecule has 9 rings (SSSR count). The largest absolute Gasteiger partial charge is 0.486 e. The summed E-state index contributed by atoms with van der Waals surface area (Å²) in [4.78, 5) is 30.9. The summed E-state index contributed by atoms with van der Waals surface area (Å²) in [5.74, 6) is 3.58. The molecule has 6 aromatic heterocycles. The van der Waals surface area contributed by atoms with Gasteiger partial charge in [0.2, 0.25) is 0 Å². The van der Waals surface area contributed by atoms with E-state index in [4.69, 9.17) is 24.2 Å². The molecule has 0 fully saturated rings. The summed E-state index contributed by atoms with van der Waals surface area (Å²) in [5, 5.41) is 2.92. The molecule has 398 valence electrons. The molecule has 9 aromatic rings. The van der Waals surface area contributed by atoms with E-state index in [1.165, 1.54) is 27.4 Å². The second-order valence-electron chi connectivity index (χ2n) is 21.6. The van der Waals surface area contributed by atoms with Crippen LogP contribution in [0.1, 0.15) is 130 Å². The van der Waals surface area contributed by atoms with E-state index in [0.717, 1.165) is 45.0 Å². The third-order valence-corrected chi connectivity index (χ3v) is 15.2. The minimum absolute atomic E-state index is 0.0556. The fourth-order valence-electron chi connectivity index (χ4n) is 8.92. The number of thiazole rings is 1. The molecule has 0 aliphatic rings. The van der Waals surface area contributed by atoms with E-state index in [1.807, 2.05) is 54.2 Å². The van der Waals surface area contributed by atoms with Gasteiger partial charge in [0.25, 0.3) is 0 Å². The topological polar surface area (TPSA) is 118 Å². The van der Waals surface area contributed by atoms with Crippen LogP contribution in [0, 0.1) is 27.0 Å². The first kappa shape index (κ1) is 59.2. The van der Waals surface area contributed by atoms with Gasteiger partial charge in [0.1, 0.15) is 42.1 Å². The van der Waals surface area contributed by atoms with Gasteiger partial charge in [-0.05, 0) is 192 Å². The second-order valence-corrected chi connectivity index (χ2v) is 26.3. The van der Waals surface area contributed by atoms with Crippen LogP contribution in [0.3, 0.4) is 0 Å². The van der Waals surface area contributed by atoms with Gasteiger partial charge in [0.15, 0.2) is 5.82 Å². The summed E-state index contributed by atoms with van der Waals surface area (Å²) < 4.78 is 21.0. The van der Waals surface area contributed by atoms with E-state index in [1.54, 1.807) is 48.4 Å². The van der Waals surface area contributed by atoms with E-state index in [0.29, 0.717) is 25.6 Å². The first-order valence-electron chi connectivity index (χ1n) is 25.4. The van der Waals surface area contributed by atoms with Crippen LogP contribution in [0.15, 0.2) is 182 Å². The van der Waals surface area contributed by atoms with Gasteiger partial charge < -0.3 is 14.2 Å². The maximum atomic E-state index is 5.81. The number of hydrogen-bond acceptors (Lipinski definition) is 11. The van der Waals surface area contributed by atoms with Gasteiger partial charge in [-0.15, -0.1) is 11.3 Å². The summed E-state index contributed by atoms with van der Waals surface area (Å²) in [5.41, 5.74) is 8.12. The molecule has 77 heavy (non-hydrogen) atoms. The zero-order valence-corrected chi connectivity index (χ0v) is 52.4. The lowest BCUT2D eigenvalue weighted by Crippen LogP contribution is -2.20. The maximum Gasteiger partial charge on any atom is 0.166 e. The number of nitrogens with zero attached hydrogens (tertiary/aromatic N) is 7. The van der Waals surface area contributed by atoms with Crippen LogP contribution >= 0.6 is 79.1 Å². The van der Waals surface area contributed by atoms with Crippen molar-refractivity contribution in [1.82, 2.24) is 34.9 Å². The molecule has 3 unspecified atom stereocenters. The first-order valence-corrected chi connectivity index (χ1v) is 29.5. The molecule has 3 aromatic carbocycles. The summed E-state index contributed by atoms with van der Waals surface area (Å²) in [6.07, 6.45) is 12.4. The number of ether oxygens (including phenoxy) is 3. The van der Waals surface area contributed by atoms with Crippen LogP contribution in [0.5, 0.6) is 17.2 Å². The average molecular weight is 1380 g/mol. The number of rotatable bonds is 15. The van der Waals surface area contributed by atoms with Crippen molar-refractivity contribution in [1.29, 1.82) is 0 Å². The fourth-order valence-corrected chi connectivity index (χ4v) is 10.5. The van der Waals surface area contributed by atoms with Crippen molar-refractivity contribution >= 4 is 79.1 Å². The smallest absolute Gasteiger partial charge is 0.166 e. The number of halogens is 3. The lowest BCUT2D eigenvalue weighted by molar-refractivity contribution is 0.293. The Balaban J connectivity index is 0.000000168. The minimum Gasteiger partial charge on any atom is -0.486 e. The highest BCUT2D eigenvalue weighted by atomic mass is 127. The van der Waals surface area contributed by atoms with Crippen molar-refractivity contribution in [3.63, 3.8) is 0 Å². The lowest BCUT2D eigenvalue weighted by atomic mass is 9.74. The molecule has 0 spiro atoms. The van der Waals surface area contributed by atoms with Crippen LogP contribution in [-0.4, -0.2) is 34.9 Å². The standard InChI is InChI=1S/C22H23IN2O.C21H22IN3O.C20H21IN2OS/c1-22(2,3)21(16-7-9-17(23)10-8-16)20-12-11-19(14-25-20)26-15-18-6-4-5-13-24-18;1-21(2,3)20(15-5-7-16(22)8-6-15)18-10-9-17(13-25-18)26-14-19-23-11-4-12-24-19;1-20(2,3)19(14-4-6-15(21)7-5-14)17-9-8-16(12-23-17)24-13-18-22-10-11-25-18/h4-14,21H,15H2,1-3H3;4-13,20H,14H2,1-3H3;4-12,19H,13H2,1-3H3. The molecule has 0 radical (unpaired) electrons. The summed E-state index contributed by atoms with van der Waals surface area (Å²) in [6.45, 7) is 21.5. The number of hydrogen-bond donors (Lipinski definition) is 0. The Hall–Kier alpha value is -5.44. The van der Waals surface area contributed by atoms with Crippen LogP contribution in [0.2, 0.25) is 0 Å². The highest BCUT2D eigenvalue weighted by molar-refractivity contribution is 14.1. The van der Waals surface area contributed by atoms with Crippen LogP contribution in [0.25, 0.3) is 0 Å². The van der Waals surface area contributed by atoms with Gasteiger partial charge in [-0.1, -0.05) is 105 Å². The Morgan fingerprint density at radius 2 is 0.779 bits per heavy atom. The average Bonchev–Trinajstić information content (AvgIpc) is 3.95. The molecular formula is C63H66I3N7O3S. The Labute approximate surface area is 500 Å². The van der Waals surface area contributed by atoms with Crippen molar-refractivity contribution in [3.05, 3.63) is 243 Å². The molecule has 10 nitrogen and oxygen atoms in total. The highest BCUT2D eigenvalue weighted by Gasteiger charge is 2.31. The fraction of sp³-hybridized carbons (Fsp3) is 0.286. The molecule has 14 heteroatoms. The summed E-state index contributed by atoms with van der Waals surface area (Å²) >= 11 is 8.60. The van der Waals surface area contributed by atoms with E-state index in [-0.39, 0.29) is 34.0 Å². The van der Waals surface area contributed by atoms with Gasteiger partial charge in [0.05, 0.1) is 24.3 Å². The quantitative estimate of drug-likeness (QED) is 0.0918. The van der Waals surface area contributed by atoms with E-state index in [2.05, 4.69) is 246 Å². The third kappa shape index (κ3) is 18.3. The van der Waals surface area contributed by atoms with Crippen molar-refractivity contribution in [2.45, 2.75) is 99.9 Å². The molecule has 3 atom stereocenters. The van der Waals surface area contributed by atoms with Gasteiger partial charge in [0, 0.05) is 75.7 Å². The maximum absolute atomic E-state index is 5.81. The van der Waals surface area contributed by atoms with Gasteiger partial charge >= 0.3 is 0 Å².